The third-order valence-electron chi connectivity index (χ3n) is 6.28. The van der Waals surface area contributed by atoms with Crippen molar-refractivity contribution in [3.63, 3.8) is 0 Å². The number of hydrogen-bond acceptors (Lipinski definition) is 4. The summed E-state index contributed by atoms with van der Waals surface area (Å²) in [6.45, 7) is 6.28. The first-order chi connectivity index (χ1) is 15.1. The van der Waals surface area contributed by atoms with Gasteiger partial charge >= 0.3 is 0 Å². The first-order valence-corrected chi connectivity index (χ1v) is 11.3. The van der Waals surface area contributed by atoms with Crippen LogP contribution in [0.4, 0.5) is 11.4 Å². The lowest BCUT2D eigenvalue weighted by atomic mass is 10.0. The zero-order valence-electron chi connectivity index (χ0n) is 18.3. The van der Waals surface area contributed by atoms with Crippen LogP contribution in [0.25, 0.3) is 0 Å². The first-order valence-electron chi connectivity index (χ1n) is 11.3. The number of likely N-dealkylation sites (tertiary alicyclic amines) is 1. The fourth-order valence-corrected chi connectivity index (χ4v) is 4.45. The van der Waals surface area contributed by atoms with Gasteiger partial charge in [-0.25, -0.2) is 0 Å². The number of nitrogens with zero attached hydrogens (tertiary/aromatic N) is 2. The van der Waals surface area contributed by atoms with Gasteiger partial charge in [-0.2, -0.15) is 0 Å². The molecule has 4 rings (SSSR count). The molecule has 0 bridgehead atoms. The Bertz CT molecular complexity index is 901. The molecule has 6 heteroatoms. The van der Waals surface area contributed by atoms with E-state index in [2.05, 4.69) is 39.5 Å². The molecule has 2 amide bonds. The lowest BCUT2D eigenvalue weighted by Crippen LogP contribution is -2.46. The lowest BCUT2D eigenvalue weighted by molar-refractivity contribution is -0.117. The second-order valence-electron chi connectivity index (χ2n) is 8.63. The van der Waals surface area contributed by atoms with Crippen LogP contribution in [-0.2, 0) is 4.79 Å². The van der Waals surface area contributed by atoms with E-state index in [9.17, 15) is 9.59 Å². The Kier molecular flexibility index (Phi) is 6.87. The number of rotatable bonds is 6. The number of piperidine rings is 1. The first kappa shape index (κ1) is 21.4. The molecule has 2 aliphatic rings. The van der Waals surface area contributed by atoms with Gasteiger partial charge in [-0.15, -0.1) is 0 Å². The molecule has 0 aromatic heterocycles. The number of aryl methyl sites for hydroxylation is 1. The quantitative estimate of drug-likeness (QED) is 0.752. The van der Waals surface area contributed by atoms with Crippen molar-refractivity contribution >= 4 is 23.2 Å². The summed E-state index contributed by atoms with van der Waals surface area (Å²) in [5, 5.41) is 6.19. The highest BCUT2D eigenvalue weighted by molar-refractivity contribution is 5.94. The van der Waals surface area contributed by atoms with Crippen LogP contribution in [0.3, 0.4) is 0 Å². The minimum atomic E-state index is -0.0235. The molecule has 2 saturated heterocycles. The number of benzene rings is 2. The number of carbonyl (C=O) groups excluding carboxylic acids is 2. The topological polar surface area (TPSA) is 64.7 Å². The molecule has 0 atom stereocenters. The summed E-state index contributed by atoms with van der Waals surface area (Å²) in [7, 11) is 0. The van der Waals surface area contributed by atoms with Gasteiger partial charge in [-0.05, 0) is 68.5 Å². The van der Waals surface area contributed by atoms with Gasteiger partial charge in [0.15, 0.2) is 0 Å². The minimum Gasteiger partial charge on any atom is -0.372 e. The highest BCUT2D eigenvalue weighted by Crippen LogP contribution is 2.25. The summed E-state index contributed by atoms with van der Waals surface area (Å²) in [6, 6.07) is 15.8. The Balaban J connectivity index is 1.22. The van der Waals surface area contributed by atoms with E-state index in [1.165, 1.54) is 18.5 Å². The predicted molar refractivity (Wildman–Crippen MR) is 125 cm³/mol. The summed E-state index contributed by atoms with van der Waals surface area (Å²) >= 11 is 0. The molecule has 2 aromatic rings. The van der Waals surface area contributed by atoms with Crippen molar-refractivity contribution < 1.29 is 9.59 Å². The molecule has 2 heterocycles. The van der Waals surface area contributed by atoms with E-state index in [1.807, 2.05) is 36.4 Å². The van der Waals surface area contributed by atoms with Crippen LogP contribution >= 0.6 is 0 Å². The summed E-state index contributed by atoms with van der Waals surface area (Å²) in [5.74, 6) is -0.00607. The molecule has 2 N–H and O–H groups in total. The van der Waals surface area contributed by atoms with Crippen LogP contribution in [-0.4, -0.2) is 55.5 Å². The van der Waals surface area contributed by atoms with E-state index in [-0.39, 0.29) is 17.9 Å². The van der Waals surface area contributed by atoms with Crippen molar-refractivity contribution in [2.45, 2.75) is 38.6 Å². The molecule has 0 unspecified atom stereocenters. The van der Waals surface area contributed by atoms with E-state index >= 15 is 0 Å². The zero-order chi connectivity index (χ0) is 21.6. The number of anilines is 2. The number of hydrogen-bond donors (Lipinski definition) is 2. The summed E-state index contributed by atoms with van der Waals surface area (Å²) < 4.78 is 0. The van der Waals surface area contributed by atoms with Gasteiger partial charge < -0.3 is 15.5 Å². The Hall–Kier alpha value is -2.86. The van der Waals surface area contributed by atoms with E-state index in [0.717, 1.165) is 50.3 Å². The van der Waals surface area contributed by atoms with Crippen LogP contribution < -0.4 is 15.5 Å². The van der Waals surface area contributed by atoms with Crippen molar-refractivity contribution in [3.05, 3.63) is 59.7 Å². The molecule has 2 aromatic carbocycles. The van der Waals surface area contributed by atoms with Crippen molar-refractivity contribution in [1.82, 2.24) is 10.2 Å². The maximum absolute atomic E-state index is 12.6. The molecule has 31 heavy (non-hydrogen) atoms. The predicted octanol–water partition coefficient (Wildman–Crippen LogP) is 3.43. The molecular weight excluding hydrogens is 388 g/mol. The number of nitrogens with one attached hydrogen (secondary N) is 2. The highest BCUT2D eigenvalue weighted by atomic mass is 16.2. The van der Waals surface area contributed by atoms with Gasteiger partial charge in [-0.1, -0.05) is 18.2 Å². The summed E-state index contributed by atoms with van der Waals surface area (Å²) in [6.07, 6.45) is 4.22. The van der Waals surface area contributed by atoms with Crippen LogP contribution in [0.5, 0.6) is 0 Å². The van der Waals surface area contributed by atoms with E-state index < -0.39 is 0 Å². The van der Waals surface area contributed by atoms with Crippen molar-refractivity contribution in [2.24, 2.45) is 0 Å². The van der Waals surface area contributed by atoms with E-state index in [0.29, 0.717) is 12.1 Å². The molecule has 0 spiro atoms. The molecule has 0 aliphatic carbocycles. The standard InChI is InChI=1S/C25H32N4O2/c1-19-17-22(29-13-5-6-14-29)9-10-23(19)27-24(30)18-28-15-11-21(12-16-28)26-25(31)20-7-3-2-4-8-20/h2-4,7-10,17,21H,5-6,11-16,18H2,1H3,(H,26,31)(H,27,30). The fraction of sp³-hybridized carbons (Fsp3) is 0.440. The van der Waals surface area contributed by atoms with Gasteiger partial charge in [0.1, 0.15) is 0 Å². The smallest absolute Gasteiger partial charge is 0.251 e. The third kappa shape index (κ3) is 5.64. The Labute approximate surface area is 184 Å². The molecule has 0 radical (unpaired) electrons. The van der Waals surface area contributed by atoms with Crippen molar-refractivity contribution in [3.8, 4) is 0 Å². The van der Waals surface area contributed by atoms with Crippen LogP contribution in [0.15, 0.2) is 48.5 Å². The van der Waals surface area contributed by atoms with Gasteiger partial charge in [0.2, 0.25) is 5.91 Å². The third-order valence-corrected chi connectivity index (χ3v) is 6.28. The SMILES string of the molecule is Cc1cc(N2CCCC2)ccc1NC(=O)CN1CCC(NC(=O)c2ccccc2)CC1. The van der Waals surface area contributed by atoms with Crippen LogP contribution in [0.2, 0.25) is 0 Å². The van der Waals surface area contributed by atoms with Crippen LogP contribution in [0, 0.1) is 6.92 Å². The lowest BCUT2D eigenvalue weighted by Gasteiger charge is -2.32. The van der Waals surface area contributed by atoms with Crippen molar-refractivity contribution in [2.75, 3.05) is 42.9 Å². The van der Waals surface area contributed by atoms with Crippen LogP contribution in [0.1, 0.15) is 41.6 Å². The second-order valence-corrected chi connectivity index (χ2v) is 8.63. The molecular formula is C25H32N4O2. The molecule has 164 valence electrons. The second kappa shape index (κ2) is 9.96. The molecule has 2 aliphatic heterocycles. The highest BCUT2D eigenvalue weighted by Gasteiger charge is 2.23. The summed E-state index contributed by atoms with van der Waals surface area (Å²) in [4.78, 5) is 29.5. The Morgan fingerprint density at radius 1 is 0.968 bits per heavy atom. The van der Waals surface area contributed by atoms with Gasteiger partial charge in [0.25, 0.3) is 5.91 Å². The van der Waals surface area contributed by atoms with Gasteiger partial charge in [0.05, 0.1) is 6.54 Å². The molecule has 6 nitrogen and oxygen atoms in total. The summed E-state index contributed by atoms with van der Waals surface area (Å²) in [5.41, 5.74) is 3.92. The minimum absolute atomic E-state index is 0.0174. The van der Waals surface area contributed by atoms with Crippen molar-refractivity contribution in [1.29, 1.82) is 0 Å². The largest absolute Gasteiger partial charge is 0.372 e. The average molecular weight is 421 g/mol. The number of carbonyl (C=O) groups is 2. The Morgan fingerprint density at radius 3 is 2.35 bits per heavy atom. The zero-order valence-corrected chi connectivity index (χ0v) is 18.3. The van der Waals surface area contributed by atoms with Gasteiger partial charge in [0, 0.05) is 49.2 Å². The maximum Gasteiger partial charge on any atom is 0.251 e. The van der Waals surface area contributed by atoms with E-state index in [4.69, 9.17) is 0 Å². The van der Waals surface area contributed by atoms with Gasteiger partial charge in [-0.3, -0.25) is 14.5 Å². The normalized spacial score (nSPS) is 17.5. The fourth-order valence-electron chi connectivity index (χ4n) is 4.45. The van der Waals surface area contributed by atoms with E-state index in [1.54, 1.807) is 0 Å². The maximum atomic E-state index is 12.6. The monoisotopic (exact) mass is 420 g/mol. The molecule has 2 fully saturated rings. The number of amides is 2. The Morgan fingerprint density at radius 2 is 1.68 bits per heavy atom. The average Bonchev–Trinajstić information content (AvgIpc) is 3.32. The molecule has 0 saturated carbocycles.